The molecule has 0 atom stereocenters. The molecule has 0 aliphatic rings. The summed E-state index contributed by atoms with van der Waals surface area (Å²) < 4.78 is 1.43. The molecule has 3 aromatic rings. The van der Waals surface area contributed by atoms with Gasteiger partial charge >= 0.3 is 0 Å². The Hall–Kier alpha value is -2.41. The smallest absolute Gasteiger partial charge is 0.276 e. The Morgan fingerprint density at radius 1 is 1.26 bits per heavy atom. The standard InChI is InChI=1S/C19H15Cl2N3O2S/c1-12-6-8-27-17(12)10-22-23-18(25)14-3-2-7-24(19(14)26)11-13-4-5-15(20)16(21)9-13/h2-10H,11H2,1H3,(H,23,25)/b22-10-. The summed E-state index contributed by atoms with van der Waals surface area (Å²) in [5.41, 5.74) is 3.87. The van der Waals surface area contributed by atoms with E-state index in [1.54, 1.807) is 36.7 Å². The van der Waals surface area contributed by atoms with E-state index in [0.717, 1.165) is 16.0 Å². The predicted molar refractivity (Wildman–Crippen MR) is 110 cm³/mol. The number of benzene rings is 1. The average Bonchev–Trinajstić information content (AvgIpc) is 3.05. The first kappa shape index (κ1) is 19.4. The molecule has 2 heterocycles. The van der Waals surface area contributed by atoms with Gasteiger partial charge in [0.1, 0.15) is 5.56 Å². The first-order valence-corrected chi connectivity index (χ1v) is 9.60. The summed E-state index contributed by atoms with van der Waals surface area (Å²) in [5, 5.41) is 6.73. The number of nitrogens with one attached hydrogen (secondary N) is 1. The largest absolute Gasteiger partial charge is 0.310 e. The molecule has 0 unspecified atom stereocenters. The van der Waals surface area contributed by atoms with E-state index in [-0.39, 0.29) is 12.1 Å². The van der Waals surface area contributed by atoms with Gasteiger partial charge in [0.15, 0.2) is 0 Å². The summed E-state index contributed by atoms with van der Waals surface area (Å²) in [4.78, 5) is 25.9. The van der Waals surface area contributed by atoms with Gasteiger partial charge in [-0.3, -0.25) is 9.59 Å². The van der Waals surface area contributed by atoms with Gasteiger partial charge in [-0.1, -0.05) is 29.3 Å². The van der Waals surface area contributed by atoms with Crippen molar-refractivity contribution in [1.82, 2.24) is 9.99 Å². The molecular weight excluding hydrogens is 405 g/mol. The third-order valence-corrected chi connectivity index (χ3v) is 5.54. The third-order valence-electron chi connectivity index (χ3n) is 3.85. The predicted octanol–water partition coefficient (Wildman–Crippen LogP) is 4.34. The zero-order valence-corrected chi connectivity index (χ0v) is 16.6. The van der Waals surface area contributed by atoms with Gasteiger partial charge in [0.25, 0.3) is 11.5 Å². The molecule has 3 rings (SSSR count). The van der Waals surface area contributed by atoms with E-state index in [9.17, 15) is 9.59 Å². The topological polar surface area (TPSA) is 63.5 Å². The summed E-state index contributed by atoms with van der Waals surface area (Å²) >= 11 is 13.4. The van der Waals surface area contributed by atoms with Gasteiger partial charge in [-0.2, -0.15) is 5.10 Å². The van der Waals surface area contributed by atoms with Crippen molar-refractivity contribution < 1.29 is 4.79 Å². The second kappa shape index (κ2) is 8.52. The summed E-state index contributed by atoms with van der Waals surface area (Å²) in [6, 6.07) is 10.2. The maximum Gasteiger partial charge on any atom is 0.276 e. The zero-order chi connectivity index (χ0) is 19.4. The molecule has 0 radical (unpaired) electrons. The van der Waals surface area contributed by atoms with Crippen LogP contribution in [0.5, 0.6) is 0 Å². The summed E-state index contributed by atoms with van der Waals surface area (Å²) in [6.07, 6.45) is 3.18. The molecule has 0 spiro atoms. The molecule has 0 aliphatic carbocycles. The number of carbonyl (C=O) groups is 1. The molecule has 0 bridgehead atoms. The van der Waals surface area contributed by atoms with Gasteiger partial charge in [-0.05, 0) is 53.8 Å². The van der Waals surface area contributed by atoms with Crippen LogP contribution in [0.15, 0.2) is 57.9 Å². The van der Waals surface area contributed by atoms with Crippen molar-refractivity contribution in [2.75, 3.05) is 0 Å². The number of hydrogen-bond acceptors (Lipinski definition) is 4. The van der Waals surface area contributed by atoms with E-state index < -0.39 is 11.5 Å². The number of nitrogens with zero attached hydrogens (tertiary/aromatic N) is 2. The number of hydrogen-bond donors (Lipinski definition) is 1. The zero-order valence-electron chi connectivity index (χ0n) is 14.3. The lowest BCUT2D eigenvalue weighted by Crippen LogP contribution is -2.30. The number of halogens is 2. The van der Waals surface area contributed by atoms with Crippen molar-refractivity contribution in [2.24, 2.45) is 5.10 Å². The fourth-order valence-electron chi connectivity index (χ4n) is 2.40. The van der Waals surface area contributed by atoms with Crippen molar-refractivity contribution in [3.63, 3.8) is 0 Å². The van der Waals surface area contributed by atoms with Crippen LogP contribution in [-0.4, -0.2) is 16.7 Å². The molecule has 0 fully saturated rings. The lowest BCUT2D eigenvalue weighted by Gasteiger charge is -2.08. The molecule has 0 saturated heterocycles. The minimum Gasteiger partial charge on any atom is -0.310 e. The third kappa shape index (κ3) is 4.66. The van der Waals surface area contributed by atoms with Gasteiger partial charge in [0, 0.05) is 11.1 Å². The average molecular weight is 420 g/mol. The number of amides is 1. The van der Waals surface area contributed by atoms with E-state index in [1.807, 2.05) is 18.4 Å². The van der Waals surface area contributed by atoms with Crippen molar-refractivity contribution in [2.45, 2.75) is 13.5 Å². The van der Waals surface area contributed by atoms with Gasteiger partial charge in [0.05, 0.1) is 22.8 Å². The first-order valence-electron chi connectivity index (χ1n) is 7.96. The van der Waals surface area contributed by atoms with Crippen LogP contribution in [0.25, 0.3) is 0 Å². The molecule has 1 amide bonds. The number of pyridine rings is 1. The first-order chi connectivity index (χ1) is 13.0. The van der Waals surface area contributed by atoms with Crippen LogP contribution >= 0.6 is 34.5 Å². The summed E-state index contributed by atoms with van der Waals surface area (Å²) in [5.74, 6) is -0.561. The number of rotatable bonds is 5. The highest BCUT2D eigenvalue weighted by atomic mass is 35.5. The van der Waals surface area contributed by atoms with Gasteiger partial charge in [-0.25, -0.2) is 5.43 Å². The van der Waals surface area contributed by atoms with Crippen molar-refractivity contribution in [3.05, 3.63) is 89.9 Å². The van der Waals surface area contributed by atoms with Crippen molar-refractivity contribution in [1.29, 1.82) is 0 Å². The Labute approximate surface area is 169 Å². The maximum absolute atomic E-state index is 12.6. The fourth-order valence-corrected chi connectivity index (χ4v) is 3.50. The number of aryl methyl sites for hydroxylation is 1. The Kier molecular flexibility index (Phi) is 6.11. The van der Waals surface area contributed by atoms with Crippen LogP contribution in [0.3, 0.4) is 0 Å². The Morgan fingerprint density at radius 3 is 2.78 bits per heavy atom. The van der Waals surface area contributed by atoms with E-state index in [0.29, 0.717) is 10.0 Å². The highest BCUT2D eigenvalue weighted by molar-refractivity contribution is 7.11. The minimum absolute atomic E-state index is 0.0117. The van der Waals surface area contributed by atoms with E-state index >= 15 is 0 Å². The normalized spacial score (nSPS) is 11.1. The lowest BCUT2D eigenvalue weighted by molar-refractivity contribution is 0.0953. The molecule has 1 N–H and O–H groups in total. The molecule has 5 nitrogen and oxygen atoms in total. The van der Waals surface area contributed by atoms with Crippen LogP contribution in [0, 0.1) is 6.92 Å². The Bertz CT molecular complexity index is 1070. The van der Waals surface area contributed by atoms with E-state index in [4.69, 9.17) is 23.2 Å². The number of hydrazone groups is 1. The van der Waals surface area contributed by atoms with E-state index in [2.05, 4.69) is 10.5 Å². The van der Waals surface area contributed by atoms with Crippen LogP contribution in [0.1, 0.15) is 26.4 Å². The molecule has 1 aromatic carbocycles. The monoisotopic (exact) mass is 419 g/mol. The number of carbonyl (C=O) groups excluding carboxylic acids is 1. The highest BCUT2D eigenvalue weighted by Gasteiger charge is 2.12. The number of thiophene rings is 1. The second-order valence-corrected chi connectivity index (χ2v) is 7.53. The summed E-state index contributed by atoms with van der Waals surface area (Å²) in [7, 11) is 0. The van der Waals surface area contributed by atoms with Crippen LogP contribution < -0.4 is 11.0 Å². The van der Waals surface area contributed by atoms with Crippen LogP contribution in [0.4, 0.5) is 0 Å². The van der Waals surface area contributed by atoms with Gasteiger partial charge in [-0.15, -0.1) is 11.3 Å². The van der Waals surface area contributed by atoms with Crippen LogP contribution in [0.2, 0.25) is 10.0 Å². The molecule has 27 heavy (non-hydrogen) atoms. The number of aromatic nitrogens is 1. The Balaban J connectivity index is 1.76. The minimum atomic E-state index is -0.561. The molecular formula is C19H15Cl2N3O2S. The SMILES string of the molecule is Cc1ccsc1/C=N\NC(=O)c1cccn(Cc2ccc(Cl)c(Cl)c2)c1=O. The molecule has 2 aromatic heterocycles. The van der Waals surface area contributed by atoms with Gasteiger partial charge < -0.3 is 4.57 Å². The molecule has 0 aliphatic heterocycles. The maximum atomic E-state index is 12.6. The molecule has 8 heteroatoms. The summed E-state index contributed by atoms with van der Waals surface area (Å²) in [6.45, 7) is 2.23. The second-order valence-electron chi connectivity index (χ2n) is 5.77. The van der Waals surface area contributed by atoms with Crippen LogP contribution in [-0.2, 0) is 6.54 Å². The van der Waals surface area contributed by atoms with Crippen molar-refractivity contribution >= 4 is 46.7 Å². The van der Waals surface area contributed by atoms with Crippen molar-refractivity contribution in [3.8, 4) is 0 Å². The molecule has 0 saturated carbocycles. The highest BCUT2D eigenvalue weighted by Crippen LogP contribution is 2.22. The Morgan fingerprint density at radius 2 is 2.07 bits per heavy atom. The quantitative estimate of drug-likeness (QED) is 0.493. The lowest BCUT2D eigenvalue weighted by atomic mass is 10.2. The fraction of sp³-hybridized carbons (Fsp3) is 0.105. The molecule has 138 valence electrons. The van der Waals surface area contributed by atoms with Gasteiger partial charge in [0.2, 0.25) is 0 Å². The van der Waals surface area contributed by atoms with E-state index in [1.165, 1.54) is 22.0 Å².